The van der Waals surface area contributed by atoms with Gasteiger partial charge in [-0.1, -0.05) is 12.1 Å². The van der Waals surface area contributed by atoms with Gasteiger partial charge in [-0.25, -0.2) is 4.79 Å². The summed E-state index contributed by atoms with van der Waals surface area (Å²) in [5, 5.41) is 10.6. The molecule has 0 fully saturated rings. The molecular weight excluding hydrogens is 342 g/mol. The maximum absolute atomic E-state index is 12.3. The van der Waals surface area contributed by atoms with Crippen LogP contribution in [-0.4, -0.2) is 30.4 Å². The van der Waals surface area contributed by atoms with E-state index < -0.39 is 12.0 Å². The van der Waals surface area contributed by atoms with Gasteiger partial charge in [-0.2, -0.15) is 0 Å². The summed E-state index contributed by atoms with van der Waals surface area (Å²) in [6.45, 7) is 1.97. The topological polar surface area (TPSA) is 96.5 Å². The van der Waals surface area contributed by atoms with Crippen molar-refractivity contribution in [3.8, 4) is 0 Å². The van der Waals surface area contributed by atoms with Crippen molar-refractivity contribution in [2.24, 2.45) is 0 Å². The number of benzene rings is 1. The van der Waals surface area contributed by atoms with Crippen LogP contribution in [-0.2, 0) is 14.3 Å². The number of hydrogen-bond donors (Lipinski definition) is 3. The molecule has 130 valence electrons. The number of fused-ring (bicyclic) bond motifs is 1. The van der Waals surface area contributed by atoms with Gasteiger partial charge in [0, 0.05) is 0 Å². The third kappa shape index (κ3) is 3.80. The number of hydrogen-bond acceptors (Lipinski definition) is 6. The fraction of sp³-hybridized carbons (Fsp3) is 0.235. The summed E-state index contributed by atoms with van der Waals surface area (Å²) < 4.78 is 4.95. The number of carbonyl (C=O) groups excluding carboxylic acids is 3. The van der Waals surface area contributed by atoms with Gasteiger partial charge < -0.3 is 20.7 Å². The first kappa shape index (κ1) is 17.0. The van der Waals surface area contributed by atoms with Crippen LogP contribution in [0.1, 0.15) is 23.7 Å². The first-order valence-corrected chi connectivity index (χ1v) is 8.67. The van der Waals surface area contributed by atoms with E-state index in [9.17, 15) is 14.4 Å². The maximum Gasteiger partial charge on any atom is 0.341 e. The zero-order valence-corrected chi connectivity index (χ0v) is 14.3. The number of para-hydroxylation sites is 2. The fourth-order valence-electron chi connectivity index (χ4n) is 2.47. The highest BCUT2D eigenvalue weighted by Gasteiger charge is 2.28. The number of ether oxygens (including phenoxy) is 1. The van der Waals surface area contributed by atoms with Gasteiger partial charge in [-0.3, -0.25) is 9.59 Å². The third-order valence-electron chi connectivity index (χ3n) is 3.63. The van der Waals surface area contributed by atoms with Gasteiger partial charge in [0.2, 0.25) is 11.8 Å². The minimum atomic E-state index is -0.680. The largest absolute Gasteiger partial charge is 0.462 e. The average Bonchev–Trinajstić information content (AvgIpc) is 3.04. The second-order valence-electron chi connectivity index (χ2n) is 5.37. The maximum atomic E-state index is 12.3. The second-order valence-corrected chi connectivity index (χ2v) is 6.28. The van der Waals surface area contributed by atoms with Gasteiger partial charge in [0.05, 0.1) is 30.0 Å². The van der Waals surface area contributed by atoms with Crippen molar-refractivity contribution in [3.63, 3.8) is 0 Å². The Balaban J connectivity index is 1.65. The van der Waals surface area contributed by atoms with Crippen LogP contribution in [0.5, 0.6) is 0 Å². The smallest absolute Gasteiger partial charge is 0.341 e. The van der Waals surface area contributed by atoms with Crippen LogP contribution >= 0.6 is 11.3 Å². The molecule has 0 saturated carbocycles. The molecule has 1 unspecified atom stereocenters. The molecule has 7 nitrogen and oxygen atoms in total. The number of esters is 1. The van der Waals surface area contributed by atoms with Crippen LogP contribution in [0.3, 0.4) is 0 Å². The van der Waals surface area contributed by atoms with Crippen molar-refractivity contribution in [2.45, 2.75) is 19.4 Å². The second kappa shape index (κ2) is 7.35. The Morgan fingerprint density at radius 1 is 1.24 bits per heavy atom. The highest BCUT2D eigenvalue weighted by Crippen LogP contribution is 2.28. The third-order valence-corrected chi connectivity index (χ3v) is 4.46. The van der Waals surface area contributed by atoms with Crippen LogP contribution in [0.2, 0.25) is 0 Å². The number of amides is 2. The molecule has 2 heterocycles. The minimum Gasteiger partial charge on any atom is -0.462 e. The molecule has 0 spiro atoms. The fourth-order valence-corrected chi connectivity index (χ4v) is 3.26. The summed E-state index contributed by atoms with van der Waals surface area (Å²) in [5.74, 6) is -1.12. The molecule has 1 aliphatic rings. The normalized spacial score (nSPS) is 15.6. The molecule has 2 aromatic rings. The number of carbonyl (C=O) groups is 3. The Kier molecular flexibility index (Phi) is 4.99. The first-order valence-electron chi connectivity index (χ1n) is 7.79. The molecule has 1 aromatic heterocycles. The minimum absolute atomic E-state index is 0.0552. The zero-order valence-electron chi connectivity index (χ0n) is 13.5. The van der Waals surface area contributed by atoms with E-state index in [-0.39, 0.29) is 24.8 Å². The summed E-state index contributed by atoms with van der Waals surface area (Å²) in [6, 6.07) is 8.20. The van der Waals surface area contributed by atoms with E-state index in [1.165, 1.54) is 11.3 Å². The Hall–Kier alpha value is -2.87. The summed E-state index contributed by atoms with van der Waals surface area (Å²) >= 11 is 1.23. The Labute approximate surface area is 148 Å². The van der Waals surface area contributed by atoms with E-state index >= 15 is 0 Å². The molecule has 1 atom stereocenters. The first-order chi connectivity index (χ1) is 12.1. The monoisotopic (exact) mass is 359 g/mol. The number of rotatable bonds is 5. The lowest BCUT2D eigenvalue weighted by atomic mass is 10.1. The van der Waals surface area contributed by atoms with Crippen LogP contribution < -0.4 is 16.0 Å². The van der Waals surface area contributed by atoms with Crippen LogP contribution in [0.4, 0.5) is 16.4 Å². The standard InChI is InChI=1S/C17H17N3O4S/c1-2-24-17(23)10-7-8-25-16(10)20-14(21)9-13-15(22)19-12-6-4-3-5-11(12)18-13/h3-8,13,18H,2,9H2,1H3,(H,19,22)(H,20,21). The van der Waals surface area contributed by atoms with Crippen molar-refractivity contribution >= 4 is 45.5 Å². The van der Waals surface area contributed by atoms with Crippen molar-refractivity contribution in [1.29, 1.82) is 0 Å². The van der Waals surface area contributed by atoms with Crippen LogP contribution in [0, 0.1) is 0 Å². The van der Waals surface area contributed by atoms with Crippen LogP contribution in [0.25, 0.3) is 0 Å². The molecule has 8 heteroatoms. The van der Waals surface area contributed by atoms with Crippen molar-refractivity contribution in [3.05, 3.63) is 41.3 Å². The van der Waals surface area contributed by atoms with E-state index in [2.05, 4.69) is 16.0 Å². The summed E-state index contributed by atoms with van der Waals surface area (Å²) in [6.07, 6.45) is -0.0552. The Bertz CT molecular complexity index is 818. The van der Waals surface area contributed by atoms with Crippen molar-refractivity contribution < 1.29 is 19.1 Å². The molecule has 25 heavy (non-hydrogen) atoms. The molecule has 2 amide bonds. The molecule has 1 aliphatic heterocycles. The Morgan fingerprint density at radius 2 is 2.00 bits per heavy atom. The van der Waals surface area contributed by atoms with Gasteiger partial charge in [-0.05, 0) is 30.5 Å². The predicted octanol–water partition coefficient (Wildman–Crippen LogP) is 2.69. The predicted molar refractivity (Wildman–Crippen MR) is 96.0 cm³/mol. The molecule has 0 bridgehead atoms. The highest BCUT2D eigenvalue weighted by molar-refractivity contribution is 7.14. The van der Waals surface area contributed by atoms with Gasteiger partial charge in [0.15, 0.2) is 0 Å². The van der Waals surface area contributed by atoms with Gasteiger partial charge in [-0.15, -0.1) is 11.3 Å². The van der Waals surface area contributed by atoms with Crippen molar-refractivity contribution in [2.75, 3.05) is 22.6 Å². The van der Waals surface area contributed by atoms with E-state index in [0.29, 0.717) is 16.3 Å². The van der Waals surface area contributed by atoms with Crippen molar-refractivity contribution in [1.82, 2.24) is 0 Å². The van der Waals surface area contributed by atoms with E-state index in [1.807, 2.05) is 18.2 Å². The lowest BCUT2D eigenvalue weighted by molar-refractivity contribution is -0.122. The number of nitrogens with one attached hydrogen (secondary N) is 3. The molecule has 3 rings (SSSR count). The average molecular weight is 359 g/mol. The Morgan fingerprint density at radius 3 is 2.76 bits per heavy atom. The van der Waals surface area contributed by atoms with E-state index in [0.717, 1.165) is 5.69 Å². The highest BCUT2D eigenvalue weighted by atomic mass is 32.1. The summed E-state index contributed by atoms with van der Waals surface area (Å²) in [7, 11) is 0. The summed E-state index contributed by atoms with van der Waals surface area (Å²) in [5.41, 5.74) is 1.77. The molecular formula is C17H17N3O4S. The van der Waals surface area contributed by atoms with Gasteiger partial charge in [0.1, 0.15) is 11.0 Å². The molecule has 1 aromatic carbocycles. The van der Waals surface area contributed by atoms with Gasteiger partial charge in [0.25, 0.3) is 0 Å². The molecule has 0 saturated heterocycles. The molecule has 0 radical (unpaired) electrons. The number of thiophene rings is 1. The lowest BCUT2D eigenvalue weighted by Gasteiger charge is -2.26. The SMILES string of the molecule is CCOC(=O)c1ccsc1NC(=O)CC1Nc2ccccc2NC1=O. The number of anilines is 3. The summed E-state index contributed by atoms with van der Waals surface area (Å²) in [4.78, 5) is 36.3. The zero-order chi connectivity index (χ0) is 17.8. The molecule has 0 aliphatic carbocycles. The van der Waals surface area contributed by atoms with Gasteiger partial charge >= 0.3 is 5.97 Å². The molecule has 3 N–H and O–H groups in total. The van der Waals surface area contributed by atoms with E-state index in [1.54, 1.807) is 24.4 Å². The quantitative estimate of drug-likeness (QED) is 0.713. The van der Waals surface area contributed by atoms with E-state index in [4.69, 9.17) is 4.74 Å². The lowest BCUT2D eigenvalue weighted by Crippen LogP contribution is -2.41. The van der Waals surface area contributed by atoms with Crippen LogP contribution in [0.15, 0.2) is 35.7 Å².